The Hall–Kier alpha value is -3.37. The number of benzene rings is 3. The summed E-state index contributed by atoms with van der Waals surface area (Å²) in [5.41, 5.74) is 3.59. The fourth-order valence-electron chi connectivity index (χ4n) is 3.86. The number of nitrogens with two attached hydrogens (primary N) is 1. The van der Waals surface area contributed by atoms with E-state index in [9.17, 15) is 21.6 Å². The van der Waals surface area contributed by atoms with Crippen LogP contribution in [0.15, 0.2) is 66.7 Å². The maximum absolute atomic E-state index is 12.9. The second kappa shape index (κ2) is 7.60. The van der Waals surface area contributed by atoms with Crippen LogP contribution >= 0.6 is 0 Å². The topological polar surface area (TPSA) is 90.0 Å². The highest BCUT2D eigenvalue weighted by atomic mass is 32.2. The summed E-state index contributed by atoms with van der Waals surface area (Å²) in [6, 6.07) is 17.4. The van der Waals surface area contributed by atoms with Gasteiger partial charge in [-0.2, -0.15) is 26.7 Å². The summed E-state index contributed by atoms with van der Waals surface area (Å²) in [5.74, 6) is 0.383. The molecule has 3 N–H and O–H groups in total. The van der Waals surface area contributed by atoms with Gasteiger partial charge in [-0.15, -0.1) is 0 Å². The average Bonchev–Trinajstić information content (AvgIpc) is 3.53. The van der Waals surface area contributed by atoms with Crippen LogP contribution in [0.3, 0.4) is 0 Å². The average molecular weight is 472 g/mol. The van der Waals surface area contributed by atoms with E-state index in [1.807, 2.05) is 18.2 Å². The van der Waals surface area contributed by atoms with Crippen LogP contribution in [0.25, 0.3) is 27.7 Å². The van der Waals surface area contributed by atoms with Crippen molar-refractivity contribution in [1.82, 2.24) is 9.78 Å². The molecule has 0 bridgehead atoms. The monoisotopic (exact) mass is 472 g/mol. The number of nitrogens with zero attached hydrogens (tertiary/aromatic N) is 2. The highest BCUT2D eigenvalue weighted by Crippen LogP contribution is 2.43. The molecular weight excluding hydrogens is 453 g/mol. The summed E-state index contributed by atoms with van der Waals surface area (Å²) in [7, 11) is -3.88. The molecule has 1 aromatic heterocycles. The summed E-state index contributed by atoms with van der Waals surface area (Å²) in [4.78, 5) is 0. The molecule has 0 atom stereocenters. The highest BCUT2D eigenvalue weighted by molar-refractivity contribution is 7.90. The number of hydrogen-bond donors (Lipinski definition) is 2. The number of hydrogen-bond acceptors (Lipinski definition) is 3. The molecule has 0 radical (unpaired) electrons. The second-order valence-corrected chi connectivity index (χ2v) is 9.37. The van der Waals surface area contributed by atoms with Gasteiger partial charge in [0.25, 0.3) is 10.2 Å². The van der Waals surface area contributed by atoms with Gasteiger partial charge >= 0.3 is 6.18 Å². The van der Waals surface area contributed by atoms with Crippen molar-refractivity contribution in [2.75, 3.05) is 4.72 Å². The van der Waals surface area contributed by atoms with Crippen LogP contribution in [0.1, 0.15) is 30.0 Å². The molecule has 1 fully saturated rings. The van der Waals surface area contributed by atoms with Crippen molar-refractivity contribution in [2.24, 2.45) is 5.14 Å². The van der Waals surface area contributed by atoms with Gasteiger partial charge in [0.1, 0.15) is 0 Å². The van der Waals surface area contributed by atoms with Gasteiger partial charge in [0, 0.05) is 17.0 Å². The van der Waals surface area contributed by atoms with E-state index >= 15 is 0 Å². The zero-order chi connectivity index (χ0) is 23.4. The van der Waals surface area contributed by atoms with Crippen LogP contribution in [0.5, 0.6) is 0 Å². The van der Waals surface area contributed by atoms with Gasteiger partial charge < -0.3 is 0 Å². The molecule has 0 unspecified atom stereocenters. The first-order chi connectivity index (χ1) is 15.6. The first kappa shape index (κ1) is 21.5. The van der Waals surface area contributed by atoms with Crippen molar-refractivity contribution in [3.8, 4) is 16.8 Å². The first-order valence-electron chi connectivity index (χ1n) is 10.2. The third-order valence-corrected chi connectivity index (χ3v) is 6.11. The Morgan fingerprint density at radius 1 is 0.939 bits per heavy atom. The van der Waals surface area contributed by atoms with Crippen molar-refractivity contribution in [3.63, 3.8) is 0 Å². The fraction of sp³-hybridized carbons (Fsp3) is 0.174. The molecule has 6 nitrogen and oxygen atoms in total. The van der Waals surface area contributed by atoms with Gasteiger partial charge in [0.15, 0.2) is 0 Å². The van der Waals surface area contributed by atoms with Crippen LogP contribution in [0.2, 0.25) is 0 Å². The summed E-state index contributed by atoms with van der Waals surface area (Å²) < 4.78 is 65.2. The lowest BCUT2D eigenvalue weighted by molar-refractivity contribution is -0.137. The molecule has 10 heteroatoms. The number of halogens is 3. The summed E-state index contributed by atoms with van der Waals surface area (Å²) in [6.07, 6.45) is -2.27. The quantitative estimate of drug-likeness (QED) is 0.418. The van der Waals surface area contributed by atoms with E-state index in [4.69, 9.17) is 10.2 Å². The van der Waals surface area contributed by atoms with E-state index in [2.05, 4.69) is 4.72 Å². The van der Waals surface area contributed by atoms with Crippen LogP contribution < -0.4 is 9.86 Å². The van der Waals surface area contributed by atoms with Crippen LogP contribution in [-0.2, 0) is 16.4 Å². The second-order valence-electron chi connectivity index (χ2n) is 8.07. The Labute approximate surface area is 188 Å². The van der Waals surface area contributed by atoms with Gasteiger partial charge in [0.2, 0.25) is 0 Å². The smallest absolute Gasteiger partial charge is 0.271 e. The molecule has 5 rings (SSSR count). The van der Waals surface area contributed by atoms with E-state index in [1.165, 1.54) is 12.1 Å². The van der Waals surface area contributed by atoms with E-state index in [-0.39, 0.29) is 0 Å². The lowest BCUT2D eigenvalue weighted by atomic mass is 10.0. The number of anilines is 1. The maximum atomic E-state index is 12.9. The SMILES string of the molecule is NS(=O)(=O)Nc1ccc(-n2nc(C3CC3)c3ccc(-c4ccc(C(F)(F)F)cc4)cc32)cc1. The van der Waals surface area contributed by atoms with Gasteiger partial charge in [-0.3, -0.25) is 4.72 Å². The Morgan fingerprint density at radius 3 is 2.15 bits per heavy atom. The molecule has 33 heavy (non-hydrogen) atoms. The normalized spacial score (nSPS) is 14.5. The zero-order valence-electron chi connectivity index (χ0n) is 17.2. The lowest BCUT2D eigenvalue weighted by Gasteiger charge is -2.09. The predicted molar refractivity (Wildman–Crippen MR) is 120 cm³/mol. The third kappa shape index (κ3) is 4.44. The van der Waals surface area contributed by atoms with Crippen molar-refractivity contribution in [3.05, 3.63) is 78.0 Å². The number of alkyl halides is 3. The van der Waals surface area contributed by atoms with E-state index in [0.717, 1.165) is 52.8 Å². The van der Waals surface area contributed by atoms with Crippen molar-refractivity contribution in [1.29, 1.82) is 0 Å². The molecule has 1 saturated carbocycles. The van der Waals surface area contributed by atoms with Gasteiger partial charge in [-0.1, -0.05) is 24.3 Å². The largest absolute Gasteiger partial charge is 0.416 e. The Kier molecular flexibility index (Phi) is 4.95. The zero-order valence-corrected chi connectivity index (χ0v) is 18.0. The van der Waals surface area contributed by atoms with Crippen LogP contribution in [0.4, 0.5) is 18.9 Å². The Bertz CT molecular complexity index is 1440. The molecule has 1 aliphatic rings. The molecule has 0 spiro atoms. The molecule has 0 aliphatic heterocycles. The number of nitrogens with one attached hydrogen (secondary N) is 1. The van der Waals surface area contributed by atoms with Gasteiger partial charge in [0.05, 0.1) is 22.5 Å². The molecule has 0 amide bonds. The van der Waals surface area contributed by atoms with E-state index in [1.54, 1.807) is 28.9 Å². The number of aromatic nitrogens is 2. The first-order valence-corrected chi connectivity index (χ1v) is 11.7. The van der Waals surface area contributed by atoms with Gasteiger partial charge in [-0.25, -0.2) is 9.82 Å². The summed E-state index contributed by atoms with van der Waals surface area (Å²) in [6.45, 7) is 0. The van der Waals surface area contributed by atoms with Crippen molar-refractivity contribution >= 4 is 26.8 Å². The molecule has 170 valence electrons. The minimum Gasteiger partial charge on any atom is -0.271 e. The Balaban J connectivity index is 1.57. The standard InChI is InChI=1S/C23H19F3N4O2S/c24-23(25,26)17-6-3-14(4-7-17)16-5-12-20-21(13-16)30(28-22(20)15-1-2-15)19-10-8-18(9-11-19)29-33(27,31)32/h3-13,15,29H,1-2H2,(H2,27,31,32). The summed E-state index contributed by atoms with van der Waals surface area (Å²) in [5, 5.41) is 10.8. The minimum absolute atomic E-state index is 0.325. The van der Waals surface area contributed by atoms with E-state index < -0.39 is 21.9 Å². The van der Waals surface area contributed by atoms with Crippen molar-refractivity contribution < 1.29 is 21.6 Å². The number of rotatable bonds is 5. The van der Waals surface area contributed by atoms with Gasteiger partial charge in [-0.05, 0) is 66.4 Å². The molecule has 4 aromatic rings. The van der Waals surface area contributed by atoms with E-state index in [0.29, 0.717) is 17.2 Å². The molecule has 3 aromatic carbocycles. The molecule has 1 heterocycles. The van der Waals surface area contributed by atoms with Crippen LogP contribution in [-0.4, -0.2) is 18.2 Å². The Morgan fingerprint density at radius 2 is 1.58 bits per heavy atom. The summed E-state index contributed by atoms with van der Waals surface area (Å²) >= 11 is 0. The fourth-order valence-corrected chi connectivity index (χ4v) is 4.32. The molecule has 1 aliphatic carbocycles. The van der Waals surface area contributed by atoms with Crippen LogP contribution in [0, 0.1) is 0 Å². The van der Waals surface area contributed by atoms with Crippen molar-refractivity contribution in [2.45, 2.75) is 24.9 Å². The minimum atomic E-state index is -4.38. The molecule has 0 saturated heterocycles. The maximum Gasteiger partial charge on any atom is 0.416 e. The lowest BCUT2D eigenvalue weighted by Crippen LogP contribution is -2.21. The third-order valence-electron chi connectivity index (χ3n) is 5.59. The predicted octanol–water partition coefficient (Wildman–Crippen LogP) is 5.20. The number of fused-ring (bicyclic) bond motifs is 1. The highest BCUT2D eigenvalue weighted by Gasteiger charge is 2.31. The molecular formula is C23H19F3N4O2S.